The maximum atomic E-state index is 10.4. The van der Waals surface area contributed by atoms with E-state index in [0.29, 0.717) is 22.6 Å². The predicted molar refractivity (Wildman–Crippen MR) is 130 cm³/mol. The molecule has 0 radical (unpaired) electrons. The predicted octanol–water partition coefficient (Wildman–Crippen LogP) is 5.36. The van der Waals surface area contributed by atoms with Gasteiger partial charge < -0.3 is 24.6 Å². The van der Waals surface area contributed by atoms with Gasteiger partial charge in [0.1, 0.15) is 0 Å². The molecule has 1 aliphatic rings. The van der Waals surface area contributed by atoms with Crippen LogP contribution in [0, 0.1) is 0 Å². The van der Waals surface area contributed by atoms with Crippen molar-refractivity contribution in [2.75, 3.05) is 13.7 Å². The molecule has 2 aromatic heterocycles. The minimum Gasteiger partial charge on any atom is -0.504 e. The molecule has 3 aromatic rings. The van der Waals surface area contributed by atoms with E-state index in [1.807, 2.05) is 30.5 Å². The Kier molecular flexibility index (Phi) is 6.76. The van der Waals surface area contributed by atoms with Crippen molar-refractivity contribution in [3.63, 3.8) is 0 Å². The topological polar surface area (TPSA) is 83.7 Å². The van der Waals surface area contributed by atoms with Crippen molar-refractivity contribution in [3.8, 4) is 22.2 Å². The Morgan fingerprint density at radius 3 is 2.84 bits per heavy atom. The average Bonchev–Trinajstić information content (AvgIpc) is 3.47. The van der Waals surface area contributed by atoms with Crippen LogP contribution < -0.4 is 10.1 Å². The van der Waals surface area contributed by atoms with Gasteiger partial charge in [0.15, 0.2) is 16.6 Å². The molecule has 3 heterocycles. The van der Waals surface area contributed by atoms with E-state index in [1.165, 1.54) is 7.11 Å². The number of phenols is 1. The fourth-order valence-corrected chi connectivity index (χ4v) is 4.82. The number of ether oxygens (including phenoxy) is 1. The summed E-state index contributed by atoms with van der Waals surface area (Å²) in [4.78, 5) is 7.73. The molecule has 0 fully saturated rings. The molecule has 4 rings (SSSR count). The Morgan fingerprint density at radius 1 is 1.31 bits per heavy atom. The quantitative estimate of drug-likeness (QED) is 0.336. The highest BCUT2D eigenvalue weighted by atomic mass is 32.1. The molecule has 1 unspecified atom stereocenters. The van der Waals surface area contributed by atoms with Gasteiger partial charge in [-0.3, -0.25) is 0 Å². The fraction of sp³-hybridized carbons (Fsp3) is 0.348. The molecule has 1 aliphatic heterocycles. The second-order valence-electron chi connectivity index (χ2n) is 7.57. The highest BCUT2D eigenvalue weighted by Crippen LogP contribution is 2.40. The van der Waals surface area contributed by atoms with Gasteiger partial charge in [0.25, 0.3) is 5.89 Å². The monoisotopic (exact) mass is 470 g/mol. The van der Waals surface area contributed by atoms with E-state index in [-0.39, 0.29) is 11.8 Å². The lowest BCUT2D eigenvalue weighted by Gasteiger charge is -2.37. The molecule has 168 valence electrons. The van der Waals surface area contributed by atoms with E-state index in [1.54, 1.807) is 23.5 Å². The second-order valence-corrected chi connectivity index (χ2v) is 8.91. The first-order valence-electron chi connectivity index (χ1n) is 10.6. The molecule has 0 bridgehead atoms. The molecule has 0 aliphatic carbocycles. The highest BCUT2D eigenvalue weighted by Gasteiger charge is 2.34. The van der Waals surface area contributed by atoms with Gasteiger partial charge >= 0.3 is 0 Å². The summed E-state index contributed by atoms with van der Waals surface area (Å²) in [6, 6.07) is 8.88. The Hall–Kier alpha value is -2.91. The maximum Gasteiger partial charge on any atom is 0.258 e. The van der Waals surface area contributed by atoms with E-state index in [0.717, 1.165) is 47.5 Å². The van der Waals surface area contributed by atoms with Gasteiger partial charge in [0, 0.05) is 12.2 Å². The standard InChI is InChI=1S/C23H26N4O3S2/c1-4-5-6-11-27-14(2)19(22-25-21(26-30-22)18-8-7-12-32-18)20(24-23(27)31)15-9-10-17(29-3)16(28)13-15/h7-10,12-13,20,28H,4-6,11H2,1-3H3,(H,24,31). The molecule has 1 aromatic carbocycles. The molecular formula is C23H26N4O3S2. The van der Waals surface area contributed by atoms with Crippen LogP contribution in [0.1, 0.15) is 50.6 Å². The van der Waals surface area contributed by atoms with E-state index in [2.05, 4.69) is 22.3 Å². The number of methoxy groups -OCH3 is 1. The SMILES string of the molecule is CCCCCN1C(=S)NC(c2ccc(OC)c(O)c2)C(c2nc(-c3cccs3)no2)=C1C. The number of nitrogens with zero attached hydrogens (tertiary/aromatic N) is 3. The molecule has 0 saturated heterocycles. The lowest BCUT2D eigenvalue weighted by molar-refractivity contribution is 0.372. The van der Waals surface area contributed by atoms with Crippen molar-refractivity contribution in [1.29, 1.82) is 0 Å². The number of aromatic nitrogens is 2. The van der Waals surface area contributed by atoms with Crippen molar-refractivity contribution in [1.82, 2.24) is 20.4 Å². The van der Waals surface area contributed by atoms with E-state index < -0.39 is 0 Å². The number of unbranched alkanes of at least 4 members (excludes halogenated alkanes) is 2. The average molecular weight is 471 g/mol. The number of allylic oxidation sites excluding steroid dienone is 1. The first-order valence-corrected chi connectivity index (χ1v) is 11.9. The number of phenolic OH excluding ortho intramolecular Hbond substituents is 1. The van der Waals surface area contributed by atoms with Crippen LogP contribution in [-0.4, -0.2) is 38.9 Å². The number of thiocarbonyl (C=S) groups is 1. The third-order valence-corrected chi connectivity index (χ3v) is 6.72. The summed E-state index contributed by atoms with van der Waals surface area (Å²) in [5.41, 5.74) is 2.63. The number of thiophene rings is 1. The Labute approximate surface area is 196 Å². The third-order valence-electron chi connectivity index (χ3n) is 5.52. The second kappa shape index (κ2) is 9.70. The van der Waals surface area contributed by atoms with Crippen LogP contribution in [0.25, 0.3) is 16.3 Å². The van der Waals surface area contributed by atoms with Crippen LogP contribution in [0.4, 0.5) is 0 Å². The van der Waals surface area contributed by atoms with Gasteiger partial charge in [-0.05, 0) is 54.7 Å². The number of benzene rings is 1. The summed E-state index contributed by atoms with van der Waals surface area (Å²) in [5.74, 6) is 1.46. The van der Waals surface area contributed by atoms with Gasteiger partial charge in [0.2, 0.25) is 5.82 Å². The van der Waals surface area contributed by atoms with Crippen LogP contribution in [0.5, 0.6) is 11.5 Å². The van der Waals surface area contributed by atoms with Crippen molar-refractivity contribution in [2.24, 2.45) is 0 Å². The zero-order chi connectivity index (χ0) is 22.7. The summed E-state index contributed by atoms with van der Waals surface area (Å²) in [6.07, 6.45) is 3.28. The lowest BCUT2D eigenvalue weighted by atomic mass is 9.94. The molecular weight excluding hydrogens is 444 g/mol. The zero-order valence-corrected chi connectivity index (χ0v) is 19.9. The lowest BCUT2D eigenvalue weighted by Crippen LogP contribution is -2.46. The van der Waals surface area contributed by atoms with E-state index in [9.17, 15) is 5.11 Å². The smallest absolute Gasteiger partial charge is 0.258 e. The van der Waals surface area contributed by atoms with Crippen molar-refractivity contribution < 1.29 is 14.4 Å². The zero-order valence-electron chi connectivity index (χ0n) is 18.3. The Bertz CT molecular complexity index is 1120. The van der Waals surface area contributed by atoms with Crippen LogP contribution in [0.3, 0.4) is 0 Å². The largest absolute Gasteiger partial charge is 0.504 e. The summed E-state index contributed by atoms with van der Waals surface area (Å²) in [6.45, 7) is 5.01. The normalized spacial score (nSPS) is 16.4. The first-order chi connectivity index (χ1) is 15.5. The molecule has 0 amide bonds. The minimum atomic E-state index is -0.349. The highest BCUT2D eigenvalue weighted by molar-refractivity contribution is 7.80. The van der Waals surface area contributed by atoms with Gasteiger partial charge in [-0.2, -0.15) is 4.98 Å². The first kappa shape index (κ1) is 22.3. The molecule has 7 nitrogen and oxygen atoms in total. The number of hydrogen-bond acceptors (Lipinski definition) is 7. The van der Waals surface area contributed by atoms with Crippen LogP contribution in [-0.2, 0) is 0 Å². The Balaban J connectivity index is 1.78. The van der Waals surface area contributed by atoms with Crippen molar-refractivity contribution in [3.05, 3.63) is 52.9 Å². The van der Waals surface area contributed by atoms with Gasteiger partial charge in [-0.25, -0.2) is 0 Å². The van der Waals surface area contributed by atoms with E-state index >= 15 is 0 Å². The molecule has 0 saturated carbocycles. The van der Waals surface area contributed by atoms with E-state index in [4.69, 9.17) is 26.5 Å². The molecule has 0 spiro atoms. The number of hydrogen-bond donors (Lipinski definition) is 2. The Morgan fingerprint density at radius 2 is 2.16 bits per heavy atom. The molecule has 1 atom stereocenters. The maximum absolute atomic E-state index is 10.4. The summed E-state index contributed by atoms with van der Waals surface area (Å²) in [7, 11) is 1.52. The van der Waals surface area contributed by atoms with Gasteiger partial charge in [-0.15, -0.1) is 11.3 Å². The van der Waals surface area contributed by atoms with Gasteiger partial charge in [0.05, 0.1) is 23.6 Å². The summed E-state index contributed by atoms with van der Waals surface area (Å²) >= 11 is 7.27. The summed E-state index contributed by atoms with van der Waals surface area (Å²) < 4.78 is 10.9. The third kappa shape index (κ3) is 4.35. The van der Waals surface area contributed by atoms with Crippen molar-refractivity contribution in [2.45, 2.75) is 39.2 Å². The molecule has 9 heteroatoms. The van der Waals surface area contributed by atoms with Crippen LogP contribution in [0.15, 0.2) is 45.9 Å². The molecule has 2 N–H and O–H groups in total. The fourth-order valence-electron chi connectivity index (χ4n) is 3.82. The van der Waals surface area contributed by atoms with Crippen molar-refractivity contribution >= 4 is 34.2 Å². The summed E-state index contributed by atoms with van der Waals surface area (Å²) in [5, 5.41) is 20.6. The number of nitrogens with one attached hydrogen (secondary N) is 1. The van der Waals surface area contributed by atoms with Crippen LogP contribution in [0.2, 0.25) is 0 Å². The number of aromatic hydroxyl groups is 1. The number of rotatable bonds is 8. The minimum absolute atomic E-state index is 0.0601. The van der Waals surface area contributed by atoms with Crippen LogP contribution >= 0.6 is 23.6 Å². The van der Waals surface area contributed by atoms with Gasteiger partial charge in [-0.1, -0.05) is 37.1 Å². The molecule has 32 heavy (non-hydrogen) atoms.